The van der Waals surface area contributed by atoms with Gasteiger partial charge in [0.2, 0.25) is 0 Å². The molecule has 0 saturated heterocycles. The van der Waals surface area contributed by atoms with Gasteiger partial charge in [0.15, 0.2) is 5.82 Å². The summed E-state index contributed by atoms with van der Waals surface area (Å²) in [6.45, 7) is 4.25. The second kappa shape index (κ2) is 14.3. The van der Waals surface area contributed by atoms with Gasteiger partial charge in [0.05, 0.1) is 0 Å². The Labute approximate surface area is 272 Å². The molecule has 1 aromatic heterocycles. The van der Waals surface area contributed by atoms with Crippen molar-refractivity contribution in [3.05, 3.63) is 162 Å². The predicted molar refractivity (Wildman–Crippen MR) is 185 cm³/mol. The fraction of sp³-hybridized carbons (Fsp3) is 0.220. The molecule has 0 aliphatic heterocycles. The van der Waals surface area contributed by atoms with Crippen LogP contribution >= 0.6 is 0 Å². The third kappa shape index (κ3) is 6.05. The van der Waals surface area contributed by atoms with E-state index in [1.807, 2.05) is 28.9 Å². The van der Waals surface area contributed by atoms with Crippen LogP contribution in [0, 0.1) is 5.92 Å². The summed E-state index contributed by atoms with van der Waals surface area (Å²) in [6, 6.07) is 48.3. The van der Waals surface area contributed by atoms with Gasteiger partial charge in [0, 0.05) is 17.9 Å². The molecule has 46 heavy (non-hydrogen) atoms. The zero-order valence-corrected chi connectivity index (χ0v) is 26.6. The number of tetrazole rings is 1. The van der Waals surface area contributed by atoms with Crippen LogP contribution in [0.5, 0.6) is 0 Å². The summed E-state index contributed by atoms with van der Waals surface area (Å²) >= 11 is 0. The highest BCUT2D eigenvalue weighted by atomic mass is 16.1. The molecule has 0 N–H and O–H groups in total. The molecule has 1 heterocycles. The maximum absolute atomic E-state index is 12.8. The molecule has 0 radical (unpaired) electrons. The molecule has 0 amide bonds. The number of rotatable bonds is 13. The number of benzene rings is 5. The van der Waals surface area contributed by atoms with E-state index in [0.717, 1.165) is 59.1 Å². The molecule has 5 aromatic carbocycles. The topological polar surface area (TPSA) is 60.7 Å². The molecule has 0 spiro atoms. The first kappa shape index (κ1) is 30.8. The van der Waals surface area contributed by atoms with E-state index in [2.05, 4.69) is 134 Å². The summed E-state index contributed by atoms with van der Waals surface area (Å²) in [6.07, 6.45) is 4.31. The highest BCUT2D eigenvalue weighted by Gasteiger charge is 2.42. The lowest BCUT2D eigenvalue weighted by molar-refractivity contribution is -0.123. The number of ketones is 1. The maximum Gasteiger partial charge on any atom is 0.184 e. The zero-order valence-electron chi connectivity index (χ0n) is 26.6. The lowest BCUT2D eigenvalue weighted by Crippen LogP contribution is -2.39. The average Bonchev–Trinajstić information content (AvgIpc) is 3.62. The van der Waals surface area contributed by atoms with E-state index >= 15 is 0 Å². The van der Waals surface area contributed by atoms with Crippen LogP contribution in [0.15, 0.2) is 140 Å². The highest BCUT2D eigenvalue weighted by molar-refractivity contribution is 5.82. The Balaban J connectivity index is 1.46. The minimum absolute atomic E-state index is 0.0661. The monoisotopic (exact) mass is 604 g/mol. The summed E-state index contributed by atoms with van der Waals surface area (Å²) < 4.78 is 1.98. The minimum atomic E-state index is -0.834. The molecule has 5 nitrogen and oxygen atoms in total. The van der Waals surface area contributed by atoms with Crippen LogP contribution in [-0.2, 0) is 16.8 Å². The predicted octanol–water partition coefficient (Wildman–Crippen LogP) is 9.18. The van der Waals surface area contributed by atoms with Crippen LogP contribution in [0.4, 0.5) is 0 Å². The van der Waals surface area contributed by atoms with Crippen molar-refractivity contribution in [2.24, 2.45) is 5.92 Å². The number of carbonyl (C=O) groups is 1. The first-order valence-electron chi connectivity index (χ1n) is 16.3. The SMILES string of the molecule is CCCCC(=O)C(CC)Cc1ccc(-c2ccccc2-c2nnnn2C(c2ccccc2)(c2ccccc2)c2ccccc2)cc1. The van der Waals surface area contributed by atoms with E-state index in [1.54, 1.807) is 0 Å². The Bertz CT molecular complexity index is 1750. The normalized spacial score (nSPS) is 12.1. The molecule has 0 saturated carbocycles. The third-order valence-electron chi connectivity index (χ3n) is 9.00. The van der Waals surface area contributed by atoms with Crippen molar-refractivity contribution >= 4 is 5.78 Å². The number of carbonyl (C=O) groups excluding carboxylic acids is 1. The van der Waals surface area contributed by atoms with Gasteiger partial charge in [-0.3, -0.25) is 4.79 Å². The molecule has 1 atom stereocenters. The fourth-order valence-corrected chi connectivity index (χ4v) is 6.56. The van der Waals surface area contributed by atoms with Crippen molar-refractivity contribution < 1.29 is 4.79 Å². The number of nitrogens with zero attached hydrogens (tertiary/aromatic N) is 4. The molecule has 6 aromatic rings. The van der Waals surface area contributed by atoms with Crippen molar-refractivity contribution in [3.63, 3.8) is 0 Å². The van der Waals surface area contributed by atoms with Crippen LogP contribution in [0.3, 0.4) is 0 Å². The standard InChI is InChI=1S/C41H40N4O/c1-3-5-25-39(46)32(4-2)30-31-26-28-33(29-27-31)37-23-15-16-24-38(37)40-42-43-44-45(40)41(34-17-9-6-10-18-34,35-19-11-7-12-20-35)36-21-13-8-14-22-36/h6-24,26-29,32H,3-5,25,30H2,1-2H3. The van der Waals surface area contributed by atoms with Gasteiger partial charge in [0.25, 0.3) is 0 Å². The maximum atomic E-state index is 12.8. The molecule has 230 valence electrons. The van der Waals surface area contributed by atoms with Crippen molar-refractivity contribution in [1.29, 1.82) is 0 Å². The largest absolute Gasteiger partial charge is 0.299 e. The first-order valence-corrected chi connectivity index (χ1v) is 16.3. The molecule has 0 fully saturated rings. The highest BCUT2D eigenvalue weighted by Crippen LogP contribution is 2.43. The molecule has 0 bridgehead atoms. The van der Waals surface area contributed by atoms with Crippen LogP contribution in [0.1, 0.15) is 61.8 Å². The van der Waals surface area contributed by atoms with Gasteiger partial charge in [-0.2, -0.15) is 0 Å². The molecular formula is C41H40N4O. The number of hydrogen-bond acceptors (Lipinski definition) is 4. The summed E-state index contributed by atoms with van der Waals surface area (Å²) in [7, 11) is 0. The Morgan fingerprint density at radius 3 is 1.72 bits per heavy atom. The fourth-order valence-electron chi connectivity index (χ4n) is 6.56. The molecule has 5 heteroatoms. The van der Waals surface area contributed by atoms with E-state index < -0.39 is 5.54 Å². The average molecular weight is 605 g/mol. The van der Waals surface area contributed by atoms with Crippen molar-refractivity contribution in [1.82, 2.24) is 20.2 Å². The summed E-state index contributed by atoms with van der Waals surface area (Å²) in [4.78, 5) is 12.8. The minimum Gasteiger partial charge on any atom is -0.299 e. The van der Waals surface area contributed by atoms with Crippen LogP contribution < -0.4 is 0 Å². The smallest absolute Gasteiger partial charge is 0.184 e. The van der Waals surface area contributed by atoms with E-state index in [0.29, 0.717) is 18.0 Å². The van der Waals surface area contributed by atoms with Crippen LogP contribution in [-0.4, -0.2) is 26.0 Å². The molecule has 0 aliphatic carbocycles. The lowest BCUT2D eigenvalue weighted by Gasteiger charge is -2.36. The van der Waals surface area contributed by atoms with E-state index in [1.165, 1.54) is 5.56 Å². The number of unbranched alkanes of at least 4 members (excludes halogenated alkanes) is 1. The van der Waals surface area contributed by atoms with Gasteiger partial charge in [-0.1, -0.05) is 160 Å². The first-order chi connectivity index (χ1) is 22.7. The van der Waals surface area contributed by atoms with Gasteiger partial charge in [-0.05, 0) is 63.1 Å². The van der Waals surface area contributed by atoms with Gasteiger partial charge < -0.3 is 0 Å². The van der Waals surface area contributed by atoms with Crippen LogP contribution in [0.2, 0.25) is 0 Å². The van der Waals surface area contributed by atoms with Crippen molar-refractivity contribution in [2.45, 2.75) is 51.5 Å². The molecule has 6 rings (SSSR count). The molecule has 0 aliphatic rings. The Hall–Kier alpha value is -5.16. The van der Waals surface area contributed by atoms with Crippen LogP contribution in [0.25, 0.3) is 22.5 Å². The molecular weight excluding hydrogens is 564 g/mol. The summed E-state index contributed by atoms with van der Waals surface area (Å²) in [5.41, 5.74) is 6.57. The lowest BCUT2D eigenvalue weighted by atomic mass is 9.77. The second-order valence-electron chi connectivity index (χ2n) is 11.8. The quantitative estimate of drug-likeness (QED) is 0.123. The van der Waals surface area contributed by atoms with Crippen molar-refractivity contribution in [3.8, 4) is 22.5 Å². The Morgan fingerprint density at radius 1 is 0.674 bits per heavy atom. The summed E-state index contributed by atoms with van der Waals surface area (Å²) in [5.74, 6) is 1.12. The van der Waals surface area contributed by atoms with Gasteiger partial charge in [0.1, 0.15) is 11.3 Å². The van der Waals surface area contributed by atoms with Crippen molar-refractivity contribution in [2.75, 3.05) is 0 Å². The van der Waals surface area contributed by atoms with Gasteiger partial charge in [-0.25, -0.2) is 4.68 Å². The number of Topliss-reactive ketones (excluding diaryl/α,β-unsaturated/α-hetero) is 1. The third-order valence-corrected chi connectivity index (χ3v) is 9.00. The number of hydrogen-bond donors (Lipinski definition) is 0. The van der Waals surface area contributed by atoms with Gasteiger partial charge >= 0.3 is 0 Å². The van der Waals surface area contributed by atoms with E-state index in [-0.39, 0.29) is 5.92 Å². The van der Waals surface area contributed by atoms with Gasteiger partial charge in [-0.15, -0.1) is 5.10 Å². The Morgan fingerprint density at radius 2 is 1.20 bits per heavy atom. The zero-order chi connectivity index (χ0) is 31.8. The van der Waals surface area contributed by atoms with E-state index in [9.17, 15) is 4.79 Å². The van der Waals surface area contributed by atoms with E-state index in [4.69, 9.17) is 10.3 Å². The second-order valence-corrected chi connectivity index (χ2v) is 11.8. The number of aromatic nitrogens is 4. The summed E-state index contributed by atoms with van der Waals surface area (Å²) in [5, 5.41) is 13.7. The Kier molecular flexibility index (Phi) is 9.59. The molecule has 1 unspecified atom stereocenters.